The van der Waals surface area contributed by atoms with Crippen molar-refractivity contribution in [3.63, 3.8) is 0 Å². The Morgan fingerprint density at radius 2 is 2.36 bits per heavy atom. The molecular weight excluding hydrogens is 172 g/mol. The summed E-state index contributed by atoms with van der Waals surface area (Å²) < 4.78 is 0. The minimum atomic E-state index is 0.482. The fourth-order valence-electron chi connectivity index (χ4n) is 1.99. The van der Waals surface area contributed by atoms with Gasteiger partial charge in [0.05, 0.1) is 5.69 Å². The highest BCUT2D eigenvalue weighted by Gasteiger charge is 2.22. The third-order valence-corrected chi connectivity index (χ3v) is 2.96. The number of nitrogens with one attached hydrogen (secondary N) is 1. The lowest BCUT2D eigenvalue weighted by Crippen LogP contribution is -2.14. The Labute approximate surface area is 85.7 Å². The molecule has 2 rings (SSSR count). The van der Waals surface area contributed by atoms with Gasteiger partial charge in [0, 0.05) is 12.2 Å². The van der Waals surface area contributed by atoms with Crippen molar-refractivity contribution in [2.45, 2.75) is 32.7 Å². The summed E-state index contributed by atoms with van der Waals surface area (Å²) in [6, 6.07) is 4.83. The molecule has 1 aliphatic heterocycles. The van der Waals surface area contributed by atoms with Crippen molar-refractivity contribution in [1.29, 1.82) is 0 Å². The van der Waals surface area contributed by atoms with Crippen LogP contribution < -0.4 is 5.32 Å². The first-order valence-corrected chi connectivity index (χ1v) is 5.47. The molecule has 0 amide bonds. The number of aromatic nitrogens is 1. The fourth-order valence-corrected chi connectivity index (χ4v) is 1.99. The quantitative estimate of drug-likeness (QED) is 0.774. The first-order valence-electron chi connectivity index (χ1n) is 5.47. The molecule has 1 aromatic heterocycles. The second-order valence-corrected chi connectivity index (χ2v) is 4.25. The van der Waals surface area contributed by atoms with Crippen LogP contribution in [0.5, 0.6) is 0 Å². The molecule has 0 saturated carbocycles. The van der Waals surface area contributed by atoms with Gasteiger partial charge in [-0.3, -0.25) is 4.98 Å². The molecule has 76 valence electrons. The maximum Gasteiger partial charge on any atom is 0.0573 e. The Kier molecular flexibility index (Phi) is 2.82. The van der Waals surface area contributed by atoms with Crippen LogP contribution in [0.25, 0.3) is 0 Å². The molecule has 1 aliphatic rings. The zero-order valence-electron chi connectivity index (χ0n) is 8.96. The third kappa shape index (κ3) is 1.95. The summed E-state index contributed by atoms with van der Waals surface area (Å²) in [6.07, 6.45) is 4.29. The van der Waals surface area contributed by atoms with Gasteiger partial charge in [-0.05, 0) is 36.9 Å². The van der Waals surface area contributed by atoms with Crippen LogP contribution in [0.1, 0.15) is 37.6 Å². The summed E-state index contributed by atoms with van der Waals surface area (Å²) >= 11 is 0. The number of rotatable bonds is 2. The molecule has 0 bridgehead atoms. The van der Waals surface area contributed by atoms with E-state index in [0.29, 0.717) is 6.04 Å². The Hall–Kier alpha value is -0.890. The molecule has 2 nitrogen and oxygen atoms in total. The fraction of sp³-hybridized carbons (Fsp3) is 0.583. The minimum absolute atomic E-state index is 0.482. The van der Waals surface area contributed by atoms with Crippen LogP contribution >= 0.6 is 0 Å². The van der Waals surface area contributed by atoms with Crippen molar-refractivity contribution in [3.8, 4) is 0 Å². The lowest BCUT2D eigenvalue weighted by molar-refractivity contribution is 0.598. The summed E-state index contributed by atoms with van der Waals surface area (Å²) in [4.78, 5) is 4.50. The van der Waals surface area contributed by atoms with Crippen LogP contribution in [0.15, 0.2) is 18.3 Å². The molecule has 14 heavy (non-hydrogen) atoms. The van der Waals surface area contributed by atoms with E-state index >= 15 is 0 Å². The van der Waals surface area contributed by atoms with Gasteiger partial charge in [0.25, 0.3) is 0 Å². The van der Waals surface area contributed by atoms with Crippen LogP contribution in [0.4, 0.5) is 0 Å². The lowest BCUT2D eigenvalue weighted by Gasteiger charge is -2.09. The monoisotopic (exact) mass is 190 g/mol. The highest BCUT2D eigenvalue weighted by Crippen LogP contribution is 2.25. The molecule has 0 radical (unpaired) electrons. The Morgan fingerprint density at radius 3 is 2.86 bits per heavy atom. The molecule has 1 N–H and O–H groups in total. The molecule has 2 heteroatoms. The average molecular weight is 190 g/mol. The van der Waals surface area contributed by atoms with E-state index < -0.39 is 0 Å². The summed E-state index contributed by atoms with van der Waals surface area (Å²) in [5, 5.41) is 3.50. The Bertz CT molecular complexity index is 292. The van der Waals surface area contributed by atoms with Crippen LogP contribution in [0.3, 0.4) is 0 Å². The molecule has 2 atom stereocenters. The van der Waals surface area contributed by atoms with Gasteiger partial charge in [0.1, 0.15) is 0 Å². The molecule has 0 aliphatic carbocycles. The highest BCUT2D eigenvalue weighted by molar-refractivity contribution is 5.17. The number of nitrogens with zero attached hydrogens (tertiary/aromatic N) is 1. The zero-order valence-corrected chi connectivity index (χ0v) is 8.96. The number of hydrogen-bond donors (Lipinski definition) is 1. The minimum Gasteiger partial charge on any atom is -0.308 e. The van der Waals surface area contributed by atoms with Gasteiger partial charge in [-0.25, -0.2) is 0 Å². The van der Waals surface area contributed by atoms with Gasteiger partial charge in [-0.2, -0.15) is 0 Å². The van der Waals surface area contributed by atoms with Gasteiger partial charge in [-0.15, -0.1) is 0 Å². The van der Waals surface area contributed by atoms with E-state index in [4.69, 9.17) is 0 Å². The first kappa shape index (κ1) is 9.66. The standard InChI is InChI=1S/C12H18N2/c1-3-10-4-5-11(14-8-10)12-6-9(2)7-13-12/h4-5,8-9,12-13H,3,6-7H2,1-2H3. The summed E-state index contributed by atoms with van der Waals surface area (Å²) in [7, 11) is 0. The van der Waals surface area contributed by atoms with Crippen LogP contribution in [0, 0.1) is 5.92 Å². The molecule has 2 heterocycles. The zero-order chi connectivity index (χ0) is 9.97. The predicted molar refractivity (Wildman–Crippen MR) is 58.1 cm³/mol. The summed E-state index contributed by atoms with van der Waals surface area (Å²) in [5.74, 6) is 0.785. The molecule has 0 spiro atoms. The van der Waals surface area contributed by atoms with Gasteiger partial charge in [0.2, 0.25) is 0 Å². The van der Waals surface area contributed by atoms with Crippen LogP contribution in [-0.4, -0.2) is 11.5 Å². The SMILES string of the molecule is CCc1ccc(C2CC(C)CN2)nc1. The molecular formula is C12H18N2. The second kappa shape index (κ2) is 4.09. The maximum absolute atomic E-state index is 4.50. The molecule has 1 aromatic rings. The number of hydrogen-bond acceptors (Lipinski definition) is 2. The largest absolute Gasteiger partial charge is 0.308 e. The van der Waals surface area contributed by atoms with Crippen molar-refractivity contribution < 1.29 is 0 Å². The second-order valence-electron chi connectivity index (χ2n) is 4.25. The molecule has 2 unspecified atom stereocenters. The summed E-state index contributed by atoms with van der Waals surface area (Å²) in [5.41, 5.74) is 2.52. The number of pyridine rings is 1. The Morgan fingerprint density at radius 1 is 1.50 bits per heavy atom. The first-order chi connectivity index (χ1) is 6.79. The normalized spacial score (nSPS) is 26.7. The predicted octanol–water partition coefficient (Wildman–Crippen LogP) is 2.31. The van der Waals surface area contributed by atoms with E-state index in [2.05, 4.69) is 36.3 Å². The topological polar surface area (TPSA) is 24.9 Å². The molecule has 1 saturated heterocycles. The lowest BCUT2D eigenvalue weighted by atomic mass is 10.0. The molecule has 1 fully saturated rings. The van der Waals surface area contributed by atoms with Gasteiger partial charge in [-0.1, -0.05) is 19.9 Å². The van der Waals surface area contributed by atoms with Crippen molar-refractivity contribution in [3.05, 3.63) is 29.6 Å². The van der Waals surface area contributed by atoms with E-state index in [1.165, 1.54) is 17.7 Å². The van der Waals surface area contributed by atoms with E-state index in [0.717, 1.165) is 18.9 Å². The van der Waals surface area contributed by atoms with Crippen LogP contribution in [0.2, 0.25) is 0 Å². The van der Waals surface area contributed by atoms with Gasteiger partial charge >= 0.3 is 0 Å². The highest BCUT2D eigenvalue weighted by atomic mass is 15.0. The van der Waals surface area contributed by atoms with Crippen molar-refractivity contribution in [2.75, 3.05) is 6.54 Å². The average Bonchev–Trinajstić information content (AvgIpc) is 2.65. The van der Waals surface area contributed by atoms with E-state index in [9.17, 15) is 0 Å². The van der Waals surface area contributed by atoms with E-state index in [-0.39, 0.29) is 0 Å². The maximum atomic E-state index is 4.50. The van der Waals surface area contributed by atoms with Gasteiger partial charge < -0.3 is 5.32 Å². The van der Waals surface area contributed by atoms with E-state index in [1.807, 2.05) is 6.20 Å². The molecule has 0 aromatic carbocycles. The van der Waals surface area contributed by atoms with Gasteiger partial charge in [0.15, 0.2) is 0 Å². The Balaban J connectivity index is 2.09. The number of aryl methyl sites for hydroxylation is 1. The van der Waals surface area contributed by atoms with Crippen molar-refractivity contribution >= 4 is 0 Å². The smallest absolute Gasteiger partial charge is 0.0573 e. The van der Waals surface area contributed by atoms with E-state index in [1.54, 1.807) is 0 Å². The van der Waals surface area contributed by atoms with Crippen LogP contribution in [-0.2, 0) is 6.42 Å². The van der Waals surface area contributed by atoms with Crippen molar-refractivity contribution in [1.82, 2.24) is 10.3 Å². The third-order valence-electron chi connectivity index (χ3n) is 2.96. The summed E-state index contributed by atoms with van der Waals surface area (Å²) in [6.45, 7) is 5.57. The van der Waals surface area contributed by atoms with Crippen molar-refractivity contribution in [2.24, 2.45) is 5.92 Å².